The van der Waals surface area contributed by atoms with Gasteiger partial charge in [-0.2, -0.15) is 0 Å². The summed E-state index contributed by atoms with van der Waals surface area (Å²) >= 11 is 6.01. The fourth-order valence-electron chi connectivity index (χ4n) is 2.68. The van der Waals surface area contributed by atoms with E-state index in [-0.39, 0.29) is 5.92 Å². The number of para-hydroxylation sites is 1. The van der Waals surface area contributed by atoms with E-state index in [0.29, 0.717) is 6.61 Å². The smallest absolute Gasteiger partial charge is 0.131 e. The van der Waals surface area contributed by atoms with Crippen molar-refractivity contribution in [1.29, 1.82) is 0 Å². The van der Waals surface area contributed by atoms with Gasteiger partial charge in [0, 0.05) is 29.5 Å². The fourth-order valence-corrected chi connectivity index (χ4v) is 2.80. The zero-order valence-corrected chi connectivity index (χ0v) is 13.3. The Kier molecular flexibility index (Phi) is 4.81. The number of hydrogen-bond donors (Lipinski definition) is 0. The molecule has 3 rings (SSSR count). The molecular weight excluding hydrogens is 296 g/mol. The van der Waals surface area contributed by atoms with Crippen LogP contribution in [0.25, 0.3) is 0 Å². The number of rotatable bonds is 5. The summed E-state index contributed by atoms with van der Waals surface area (Å²) in [6, 6.07) is 16.2. The summed E-state index contributed by atoms with van der Waals surface area (Å²) in [5, 5.41) is 0.754. The molecule has 0 fully saturated rings. The molecule has 2 aromatic carbocycles. The predicted molar refractivity (Wildman–Crippen MR) is 89.6 cm³/mol. The van der Waals surface area contributed by atoms with Gasteiger partial charge in [0.25, 0.3) is 0 Å². The second-order valence-electron chi connectivity index (χ2n) is 5.25. The van der Waals surface area contributed by atoms with Gasteiger partial charge in [-0.05, 0) is 36.8 Å². The first-order chi connectivity index (χ1) is 10.8. The Bertz CT molecular complexity index is 661. The summed E-state index contributed by atoms with van der Waals surface area (Å²) in [6.45, 7) is 3.41. The highest BCUT2D eigenvalue weighted by Crippen LogP contribution is 2.39. The molecule has 0 amide bonds. The first-order valence-electron chi connectivity index (χ1n) is 7.58. The van der Waals surface area contributed by atoms with Gasteiger partial charge in [-0.15, -0.1) is 0 Å². The molecule has 1 unspecified atom stereocenters. The van der Waals surface area contributed by atoms with Gasteiger partial charge in [-0.3, -0.25) is 0 Å². The maximum Gasteiger partial charge on any atom is 0.131 e. The van der Waals surface area contributed by atoms with Crippen LogP contribution in [0.1, 0.15) is 30.4 Å². The zero-order chi connectivity index (χ0) is 15.4. The summed E-state index contributed by atoms with van der Waals surface area (Å²) in [5.41, 5.74) is 2.40. The lowest BCUT2D eigenvalue weighted by atomic mass is 9.88. The standard InChI is InChI=1S/C19H19ClO2/c1-2-21-12-11-16-13-18(14-7-9-15(20)10-8-14)17-5-3-4-6-19(17)22-16/h3-10,13,18H,2,11-12H2,1H3. The molecule has 1 aliphatic rings. The van der Waals surface area contributed by atoms with Crippen molar-refractivity contribution in [3.05, 3.63) is 76.5 Å². The monoisotopic (exact) mass is 314 g/mol. The van der Waals surface area contributed by atoms with E-state index in [1.54, 1.807) is 0 Å². The van der Waals surface area contributed by atoms with Crippen LogP contribution in [-0.2, 0) is 4.74 Å². The number of ether oxygens (including phenoxy) is 2. The van der Waals surface area contributed by atoms with E-state index >= 15 is 0 Å². The van der Waals surface area contributed by atoms with Crippen LogP contribution in [0.3, 0.4) is 0 Å². The van der Waals surface area contributed by atoms with Crippen molar-refractivity contribution >= 4 is 11.6 Å². The fraction of sp³-hybridized carbons (Fsp3) is 0.263. The number of allylic oxidation sites excluding steroid dienone is 1. The molecule has 0 saturated carbocycles. The zero-order valence-electron chi connectivity index (χ0n) is 12.6. The Balaban J connectivity index is 1.92. The third kappa shape index (κ3) is 3.34. The molecular formula is C19H19ClO2. The summed E-state index contributed by atoms with van der Waals surface area (Å²) in [5.74, 6) is 2.09. The van der Waals surface area contributed by atoms with E-state index < -0.39 is 0 Å². The van der Waals surface area contributed by atoms with Crippen LogP contribution in [0.5, 0.6) is 5.75 Å². The number of hydrogen-bond acceptors (Lipinski definition) is 2. The molecule has 0 saturated heterocycles. The molecule has 0 N–H and O–H groups in total. The maximum absolute atomic E-state index is 6.01. The Morgan fingerprint density at radius 2 is 1.86 bits per heavy atom. The van der Waals surface area contributed by atoms with Crippen LogP contribution in [0.4, 0.5) is 0 Å². The topological polar surface area (TPSA) is 18.5 Å². The minimum Gasteiger partial charge on any atom is -0.462 e. The second-order valence-corrected chi connectivity index (χ2v) is 5.69. The van der Waals surface area contributed by atoms with Gasteiger partial charge in [0.2, 0.25) is 0 Å². The van der Waals surface area contributed by atoms with Crippen molar-refractivity contribution in [2.75, 3.05) is 13.2 Å². The molecule has 2 aromatic rings. The van der Waals surface area contributed by atoms with E-state index in [4.69, 9.17) is 21.1 Å². The van der Waals surface area contributed by atoms with E-state index in [1.165, 1.54) is 11.1 Å². The Hall–Kier alpha value is -1.77. The summed E-state index contributed by atoms with van der Waals surface area (Å²) in [6.07, 6.45) is 2.97. The van der Waals surface area contributed by atoms with Crippen molar-refractivity contribution in [3.63, 3.8) is 0 Å². The van der Waals surface area contributed by atoms with Gasteiger partial charge in [0.15, 0.2) is 0 Å². The minimum absolute atomic E-state index is 0.193. The third-order valence-electron chi connectivity index (χ3n) is 3.77. The van der Waals surface area contributed by atoms with Crippen molar-refractivity contribution < 1.29 is 9.47 Å². The lowest BCUT2D eigenvalue weighted by Crippen LogP contribution is -2.12. The first-order valence-corrected chi connectivity index (χ1v) is 7.96. The Morgan fingerprint density at radius 3 is 2.64 bits per heavy atom. The molecule has 0 aliphatic carbocycles. The van der Waals surface area contributed by atoms with Gasteiger partial charge in [0.05, 0.1) is 6.61 Å². The Labute approximate surface area is 136 Å². The highest BCUT2D eigenvalue weighted by atomic mass is 35.5. The molecule has 0 radical (unpaired) electrons. The molecule has 114 valence electrons. The highest BCUT2D eigenvalue weighted by Gasteiger charge is 2.22. The van der Waals surface area contributed by atoms with Gasteiger partial charge in [0.1, 0.15) is 11.5 Å². The molecule has 0 spiro atoms. The lowest BCUT2D eigenvalue weighted by Gasteiger charge is -2.25. The van der Waals surface area contributed by atoms with Crippen molar-refractivity contribution in [1.82, 2.24) is 0 Å². The average Bonchev–Trinajstić information content (AvgIpc) is 2.55. The van der Waals surface area contributed by atoms with Gasteiger partial charge in [-0.1, -0.05) is 41.9 Å². The molecule has 22 heavy (non-hydrogen) atoms. The van der Waals surface area contributed by atoms with Crippen molar-refractivity contribution in [3.8, 4) is 5.75 Å². The quantitative estimate of drug-likeness (QED) is 0.708. The molecule has 0 aromatic heterocycles. The minimum atomic E-state index is 0.193. The van der Waals surface area contributed by atoms with Crippen LogP contribution in [-0.4, -0.2) is 13.2 Å². The number of halogens is 1. The van der Waals surface area contributed by atoms with Crippen LogP contribution < -0.4 is 4.74 Å². The highest BCUT2D eigenvalue weighted by molar-refractivity contribution is 6.30. The Morgan fingerprint density at radius 1 is 1.09 bits per heavy atom. The van der Waals surface area contributed by atoms with Gasteiger partial charge < -0.3 is 9.47 Å². The number of benzene rings is 2. The summed E-state index contributed by atoms with van der Waals surface area (Å²) < 4.78 is 11.5. The van der Waals surface area contributed by atoms with Crippen molar-refractivity contribution in [2.45, 2.75) is 19.3 Å². The molecule has 3 heteroatoms. The largest absolute Gasteiger partial charge is 0.462 e. The van der Waals surface area contributed by atoms with Crippen molar-refractivity contribution in [2.24, 2.45) is 0 Å². The third-order valence-corrected chi connectivity index (χ3v) is 4.03. The van der Waals surface area contributed by atoms with E-state index in [0.717, 1.165) is 29.6 Å². The average molecular weight is 315 g/mol. The van der Waals surface area contributed by atoms with Crippen LogP contribution in [0.2, 0.25) is 5.02 Å². The van der Waals surface area contributed by atoms with Crippen LogP contribution in [0, 0.1) is 0 Å². The number of fused-ring (bicyclic) bond motifs is 1. The summed E-state index contributed by atoms with van der Waals surface area (Å²) in [4.78, 5) is 0. The first kappa shape index (κ1) is 15.1. The molecule has 1 atom stereocenters. The normalized spacial score (nSPS) is 16.6. The summed E-state index contributed by atoms with van der Waals surface area (Å²) in [7, 11) is 0. The van der Waals surface area contributed by atoms with Gasteiger partial charge >= 0.3 is 0 Å². The van der Waals surface area contributed by atoms with Crippen LogP contribution in [0.15, 0.2) is 60.4 Å². The van der Waals surface area contributed by atoms with Gasteiger partial charge in [-0.25, -0.2) is 0 Å². The molecule has 1 aliphatic heterocycles. The molecule has 2 nitrogen and oxygen atoms in total. The molecule has 0 bridgehead atoms. The van der Waals surface area contributed by atoms with E-state index in [2.05, 4.69) is 24.3 Å². The predicted octanol–water partition coefficient (Wildman–Crippen LogP) is 5.17. The second kappa shape index (κ2) is 6.99. The lowest BCUT2D eigenvalue weighted by molar-refractivity contribution is 0.142. The maximum atomic E-state index is 6.01. The van der Waals surface area contributed by atoms with E-state index in [1.807, 2.05) is 37.3 Å². The van der Waals surface area contributed by atoms with Crippen LogP contribution >= 0.6 is 11.6 Å². The SMILES string of the molecule is CCOCCC1=CC(c2ccc(Cl)cc2)c2ccccc2O1. The molecule has 1 heterocycles. The van der Waals surface area contributed by atoms with E-state index in [9.17, 15) is 0 Å².